The van der Waals surface area contributed by atoms with Gasteiger partial charge in [0.1, 0.15) is 12.2 Å². The predicted octanol–water partition coefficient (Wildman–Crippen LogP) is 3.19. The molecule has 5 nitrogen and oxygen atoms in total. The van der Waals surface area contributed by atoms with Crippen molar-refractivity contribution in [3.63, 3.8) is 0 Å². The molecule has 6 heteroatoms. The van der Waals surface area contributed by atoms with E-state index in [2.05, 4.69) is 11.5 Å². The van der Waals surface area contributed by atoms with Gasteiger partial charge >= 0.3 is 5.97 Å². The summed E-state index contributed by atoms with van der Waals surface area (Å²) in [7, 11) is 0. The maximum absolute atomic E-state index is 14.2. The van der Waals surface area contributed by atoms with Crippen LogP contribution in [0.3, 0.4) is 0 Å². The number of esters is 1. The van der Waals surface area contributed by atoms with Gasteiger partial charge in [-0.3, -0.25) is 4.90 Å². The lowest BCUT2D eigenvalue weighted by Gasteiger charge is -2.27. The van der Waals surface area contributed by atoms with Gasteiger partial charge < -0.3 is 14.2 Å². The summed E-state index contributed by atoms with van der Waals surface area (Å²) in [6.45, 7) is 7.89. The van der Waals surface area contributed by atoms with Crippen molar-refractivity contribution in [2.24, 2.45) is 0 Å². The van der Waals surface area contributed by atoms with E-state index < -0.39 is 17.4 Å². The molecule has 1 aromatic carbocycles. The number of carbonyl (C=O) groups is 1. The molecule has 1 aliphatic carbocycles. The molecular formula is C20H26FNO4. The number of nitrogens with zero attached hydrogens (tertiary/aromatic N) is 1. The largest absolute Gasteiger partial charge is 0.480 e. The Bertz CT molecular complexity index is 637. The van der Waals surface area contributed by atoms with Crippen LogP contribution in [0.5, 0.6) is 5.75 Å². The summed E-state index contributed by atoms with van der Waals surface area (Å²) < 4.78 is 30.7. The number of hydrogen-bond donors (Lipinski definition) is 0. The second-order valence-corrected chi connectivity index (χ2v) is 6.81. The topological polar surface area (TPSA) is 48.0 Å². The molecule has 2 aliphatic rings. The number of halogens is 1. The zero-order chi connectivity index (χ0) is 18.4. The van der Waals surface area contributed by atoms with Crippen LogP contribution in [-0.4, -0.2) is 55.9 Å². The molecule has 1 aliphatic heterocycles. The van der Waals surface area contributed by atoms with Crippen molar-refractivity contribution >= 4 is 5.97 Å². The molecule has 2 fully saturated rings. The van der Waals surface area contributed by atoms with E-state index in [1.54, 1.807) is 6.08 Å². The van der Waals surface area contributed by atoms with Gasteiger partial charge in [-0.1, -0.05) is 6.58 Å². The first-order valence-electron chi connectivity index (χ1n) is 9.21. The first-order valence-corrected chi connectivity index (χ1v) is 9.21. The third kappa shape index (κ3) is 4.62. The molecule has 0 amide bonds. The van der Waals surface area contributed by atoms with E-state index in [9.17, 15) is 9.18 Å². The smallest absolute Gasteiger partial charge is 0.338 e. The molecular weight excluding hydrogens is 337 g/mol. The maximum Gasteiger partial charge on any atom is 0.338 e. The Morgan fingerprint density at radius 2 is 2.04 bits per heavy atom. The van der Waals surface area contributed by atoms with E-state index in [1.807, 2.05) is 0 Å². The highest BCUT2D eigenvalue weighted by Crippen LogP contribution is 2.36. The van der Waals surface area contributed by atoms with E-state index in [1.165, 1.54) is 18.2 Å². The van der Waals surface area contributed by atoms with Gasteiger partial charge in [-0.25, -0.2) is 9.18 Å². The fourth-order valence-electron chi connectivity index (χ4n) is 3.42. The Kier molecular flexibility index (Phi) is 6.27. The van der Waals surface area contributed by atoms with E-state index in [-0.39, 0.29) is 5.75 Å². The molecule has 0 unspecified atom stereocenters. The van der Waals surface area contributed by atoms with E-state index in [4.69, 9.17) is 14.2 Å². The van der Waals surface area contributed by atoms with Crippen LogP contribution in [0.4, 0.5) is 4.39 Å². The standard InChI is InChI=1S/C20H26FNO4/c1-2-20(7-3-4-8-20)26-18-15-16(5-6-17(18)21)19(23)25-14-11-22-9-12-24-13-10-22/h2,5-6,15H,1,3-4,7-14H2. The van der Waals surface area contributed by atoms with Gasteiger partial charge in [0.15, 0.2) is 11.6 Å². The third-order valence-electron chi connectivity index (χ3n) is 5.05. The number of carbonyl (C=O) groups excluding carboxylic acids is 1. The van der Waals surface area contributed by atoms with Crippen molar-refractivity contribution in [2.75, 3.05) is 39.5 Å². The summed E-state index contributed by atoms with van der Waals surface area (Å²) >= 11 is 0. The molecule has 0 N–H and O–H groups in total. The molecule has 1 saturated heterocycles. The Labute approximate surface area is 153 Å². The van der Waals surface area contributed by atoms with E-state index >= 15 is 0 Å². The Balaban J connectivity index is 1.59. The first-order chi connectivity index (χ1) is 12.6. The van der Waals surface area contributed by atoms with Crippen LogP contribution >= 0.6 is 0 Å². The summed E-state index contributed by atoms with van der Waals surface area (Å²) in [4.78, 5) is 14.5. The molecule has 26 heavy (non-hydrogen) atoms. The lowest BCUT2D eigenvalue weighted by atomic mass is 10.0. The molecule has 0 aromatic heterocycles. The quantitative estimate of drug-likeness (QED) is 0.550. The van der Waals surface area contributed by atoms with Gasteiger partial charge in [-0.05, 0) is 50.0 Å². The van der Waals surface area contributed by atoms with Crippen LogP contribution in [0.1, 0.15) is 36.0 Å². The van der Waals surface area contributed by atoms with Crippen molar-refractivity contribution in [2.45, 2.75) is 31.3 Å². The van der Waals surface area contributed by atoms with Crippen LogP contribution in [-0.2, 0) is 9.47 Å². The van der Waals surface area contributed by atoms with Gasteiger partial charge in [0.05, 0.1) is 18.8 Å². The van der Waals surface area contributed by atoms with Gasteiger partial charge in [0, 0.05) is 19.6 Å². The number of benzene rings is 1. The van der Waals surface area contributed by atoms with Gasteiger partial charge in [0.25, 0.3) is 0 Å². The second-order valence-electron chi connectivity index (χ2n) is 6.81. The summed E-state index contributed by atoms with van der Waals surface area (Å²) in [5, 5.41) is 0. The average Bonchev–Trinajstić information content (AvgIpc) is 3.13. The molecule has 0 atom stereocenters. The monoisotopic (exact) mass is 363 g/mol. The van der Waals surface area contributed by atoms with E-state index in [0.29, 0.717) is 31.9 Å². The van der Waals surface area contributed by atoms with Gasteiger partial charge in [-0.2, -0.15) is 0 Å². The summed E-state index contributed by atoms with van der Waals surface area (Å²) in [5.41, 5.74) is -0.250. The predicted molar refractivity (Wildman–Crippen MR) is 96.0 cm³/mol. The molecule has 3 rings (SSSR count). The lowest BCUT2D eigenvalue weighted by Crippen LogP contribution is -2.38. The normalized spacial score (nSPS) is 19.9. The highest BCUT2D eigenvalue weighted by molar-refractivity contribution is 5.89. The van der Waals surface area contributed by atoms with Crippen molar-refractivity contribution in [1.82, 2.24) is 4.90 Å². The van der Waals surface area contributed by atoms with Crippen molar-refractivity contribution < 1.29 is 23.4 Å². The Morgan fingerprint density at radius 1 is 1.31 bits per heavy atom. The van der Waals surface area contributed by atoms with Crippen LogP contribution < -0.4 is 4.74 Å². The number of ether oxygens (including phenoxy) is 3. The Morgan fingerprint density at radius 3 is 2.73 bits per heavy atom. The van der Waals surface area contributed by atoms with Crippen LogP contribution in [0.25, 0.3) is 0 Å². The highest BCUT2D eigenvalue weighted by Gasteiger charge is 2.33. The Hall–Kier alpha value is -1.92. The van der Waals surface area contributed by atoms with Gasteiger partial charge in [-0.15, -0.1) is 0 Å². The minimum atomic E-state index is -0.542. The molecule has 0 spiro atoms. The van der Waals surface area contributed by atoms with Crippen molar-refractivity contribution in [1.29, 1.82) is 0 Å². The van der Waals surface area contributed by atoms with Crippen molar-refractivity contribution in [3.05, 3.63) is 42.2 Å². The molecule has 1 heterocycles. The van der Waals surface area contributed by atoms with E-state index in [0.717, 1.165) is 38.8 Å². The molecule has 1 aromatic rings. The zero-order valence-corrected chi connectivity index (χ0v) is 15.0. The minimum Gasteiger partial charge on any atom is -0.480 e. The lowest BCUT2D eigenvalue weighted by molar-refractivity contribution is 0.0195. The SMILES string of the molecule is C=CC1(Oc2cc(C(=O)OCCN3CCOCC3)ccc2F)CCCC1. The molecule has 1 saturated carbocycles. The fourth-order valence-corrected chi connectivity index (χ4v) is 3.42. The highest BCUT2D eigenvalue weighted by atomic mass is 19.1. The van der Waals surface area contributed by atoms with Crippen LogP contribution in [0, 0.1) is 5.82 Å². The number of morpholine rings is 1. The third-order valence-corrected chi connectivity index (χ3v) is 5.05. The van der Waals surface area contributed by atoms with Crippen molar-refractivity contribution in [3.8, 4) is 5.75 Å². The number of rotatable bonds is 7. The summed E-state index contributed by atoms with van der Waals surface area (Å²) in [6, 6.07) is 4.10. The zero-order valence-electron chi connectivity index (χ0n) is 15.0. The molecule has 0 bridgehead atoms. The van der Waals surface area contributed by atoms with Crippen LogP contribution in [0.2, 0.25) is 0 Å². The maximum atomic E-state index is 14.2. The molecule has 0 radical (unpaired) electrons. The fraction of sp³-hybridized carbons (Fsp3) is 0.550. The summed E-state index contributed by atoms with van der Waals surface area (Å²) in [6.07, 6.45) is 5.41. The molecule has 142 valence electrons. The number of hydrogen-bond acceptors (Lipinski definition) is 5. The second kappa shape index (κ2) is 8.64. The summed E-state index contributed by atoms with van der Waals surface area (Å²) in [5.74, 6) is -0.875. The minimum absolute atomic E-state index is 0.0782. The van der Waals surface area contributed by atoms with Crippen LogP contribution in [0.15, 0.2) is 30.9 Å². The average molecular weight is 363 g/mol. The first kappa shape index (κ1) is 18.9. The van der Waals surface area contributed by atoms with Gasteiger partial charge in [0.2, 0.25) is 0 Å².